The smallest absolute Gasteiger partial charge is 0.268 e. The van der Waals surface area contributed by atoms with Crippen molar-refractivity contribution in [2.45, 2.75) is 19.8 Å². The Morgan fingerprint density at radius 1 is 1.19 bits per heavy atom. The molecular weight excluding hydrogens is 284 g/mol. The van der Waals surface area contributed by atoms with Gasteiger partial charge >= 0.3 is 0 Å². The maximum Gasteiger partial charge on any atom is 0.268 e. The lowest BCUT2D eigenvalue weighted by atomic mass is 10.1. The number of thiophene rings is 1. The number of nitrogens with zero attached hydrogens (tertiary/aromatic N) is 1. The molecule has 2 rings (SSSR count). The van der Waals surface area contributed by atoms with Crippen LogP contribution in [-0.4, -0.2) is 18.4 Å². The first kappa shape index (κ1) is 15.3. The number of hydrogen-bond acceptors (Lipinski definition) is 3. The van der Waals surface area contributed by atoms with Crippen molar-refractivity contribution in [3.05, 3.63) is 52.2 Å². The van der Waals surface area contributed by atoms with Crippen LogP contribution in [0.5, 0.6) is 0 Å². The zero-order chi connectivity index (χ0) is 15.2. The lowest BCUT2D eigenvalue weighted by Gasteiger charge is -2.22. The summed E-state index contributed by atoms with van der Waals surface area (Å²) in [5.41, 5.74) is 7.03. The summed E-state index contributed by atoms with van der Waals surface area (Å²) in [5.74, 6) is -0.486. The third-order valence-electron chi connectivity index (χ3n) is 3.22. The fourth-order valence-electron chi connectivity index (χ4n) is 2.10. The van der Waals surface area contributed by atoms with E-state index < -0.39 is 5.91 Å². The topological polar surface area (TPSA) is 63.4 Å². The van der Waals surface area contributed by atoms with Crippen molar-refractivity contribution < 1.29 is 9.59 Å². The van der Waals surface area contributed by atoms with Gasteiger partial charge in [0.05, 0.1) is 4.88 Å². The Hall–Kier alpha value is -2.14. The molecule has 0 aliphatic rings. The van der Waals surface area contributed by atoms with Crippen LogP contribution in [0.25, 0.3) is 0 Å². The molecule has 1 heterocycles. The summed E-state index contributed by atoms with van der Waals surface area (Å²) in [4.78, 5) is 26.2. The van der Waals surface area contributed by atoms with Crippen LogP contribution in [0.15, 0.2) is 41.8 Å². The highest BCUT2D eigenvalue weighted by molar-refractivity contribution is 7.12. The van der Waals surface area contributed by atoms with E-state index in [2.05, 4.69) is 0 Å². The summed E-state index contributed by atoms with van der Waals surface area (Å²) in [6.45, 7) is 2.31. The molecule has 0 atom stereocenters. The van der Waals surface area contributed by atoms with Gasteiger partial charge in [-0.1, -0.05) is 25.1 Å². The molecule has 1 aromatic carbocycles. The Morgan fingerprint density at radius 3 is 2.52 bits per heavy atom. The zero-order valence-corrected chi connectivity index (χ0v) is 12.7. The Morgan fingerprint density at radius 2 is 1.90 bits per heavy atom. The van der Waals surface area contributed by atoms with Gasteiger partial charge in [-0.25, -0.2) is 0 Å². The van der Waals surface area contributed by atoms with Crippen LogP contribution in [0.3, 0.4) is 0 Å². The third kappa shape index (κ3) is 3.70. The lowest BCUT2D eigenvalue weighted by Crippen LogP contribution is -2.34. The second-order valence-electron chi connectivity index (χ2n) is 4.64. The molecule has 0 aliphatic carbocycles. The Balaban J connectivity index is 2.30. The van der Waals surface area contributed by atoms with E-state index in [0.717, 1.165) is 22.5 Å². The van der Waals surface area contributed by atoms with Gasteiger partial charge in [0.2, 0.25) is 5.91 Å². The van der Waals surface area contributed by atoms with Crippen LogP contribution in [-0.2, 0) is 11.2 Å². The molecule has 0 unspecified atom stereocenters. The highest BCUT2D eigenvalue weighted by Crippen LogP contribution is 2.23. The average molecular weight is 302 g/mol. The van der Waals surface area contributed by atoms with E-state index in [0.29, 0.717) is 6.54 Å². The fraction of sp³-hybridized carbons (Fsp3) is 0.250. The van der Waals surface area contributed by atoms with Gasteiger partial charge in [-0.2, -0.15) is 0 Å². The molecule has 21 heavy (non-hydrogen) atoms. The molecule has 2 N–H and O–H groups in total. The number of benzene rings is 1. The lowest BCUT2D eigenvalue weighted by molar-refractivity contribution is -0.117. The monoisotopic (exact) mass is 302 g/mol. The van der Waals surface area contributed by atoms with Gasteiger partial charge in [-0.3, -0.25) is 9.59 Å². The van der Waals surface area contributed by atoms with E-state index >= 15 is 0 Å². The molecule has 0 fully saturated rings. The number of aryl methyl sites for hydroxylation is 1. The fourth-order valence-corrected chi connectivity index (χ4v) is 3.05. The van der Waals surface area contributed by atoms with Gasteiger partial charge in [-0.15, -0.1) is 11.3 Å². The van der Waals surface area contributed by atoms with Gasteiger partial charge in [0.15, 0.2) is 0 Å². The molecule has 1 aromatic heterocycles. The number of amides is 2. The molecule has 5 heteroatoms. The van der Waals surface area contributed by atoms with Crippen molar-refractivity contribution in [2.75, 3.05) is 11.4 Å². The number of para-hydroxylation sites is 1. The minimum atomic E-state index is -0.411. The van der Waals surface area contributed by atoms with Gasteiger partial charge in [0, 0.05) is 18.7 Å². The minimum Gasteiger partial charge on any atom is -0.370 e. The summed E-state index contributed by atoms with van der Waals surface area (Å²) in [6, 6.07) is 11.3. The van der Waals surface area contributed by atoms with Gasteiger partial charge in [-0.05, 0) is 35.6 Å². The molecule has 0 radical (unpaired) electrons. The molecule has 2 aromatic rings. The Bertz CT molecular complexity index is 622. The van der Waals surface area contributed by atoms with Crippen molar-refractivity contribution in [1.29, 1.82) is 0 Å². The summed E-state index contributed by atoms with van der Waals surface area (Å²) in [5, 5.41) is 1.92. The SMILES string of the molecule is CCc1ccsc1C(=O)N(CCC(N)=O)c1ccccc1. The molecule has 4 nitrogen and oxygen atoms in total. The molecule has 0 spiro atoms. The second-order valence-corrected chi connectivity index (χ2v) is 5.55. The number of anilines is 1. The number of nitrogens with two attached hydrogens (primary N) is 1. The van der Waals surface area contributed by atoms with Crippen LogP contribution in [0.2, 0.25) is 0 Å². The molecule has 0 aliphatic heterocycles. The first-order chi connectivity index (χ1) is 10.1. The largest absolute Gasteiger partial charge is 0.370 e. The maximum absolute atomic E-state index is 12.8. The number of rotatable bonds is 6. The average Bonchev–Trinajstić information content (AvgIpc) is 2.96. The summed E-state index contributed by atoms with van der Waals surface area (Å²) < 4.78 is 0. The number of carbonyl (C=O) groups is 2. The number of hydrogen-bond donors (Lipinski definition) is 1. The summed E-state index contributed by atoms with van der Waals surface area (Å²) in [7, 11) is 0. The predicted molar refractivity (Wildman–Crippen MR) is 85.6 cm³/mol. The van der Waals surface area contributed by atoms with Gasteiger partial charge < -0.3 is 10.6 Å². The van der Waals surface area contributed by atoms with Crippen molar-refractivity contribution in [3.63, 3.8) is 0 Å². The normalized spacial score (nSPS) is 10.3. The highest BCUT2D eigenvalue weighted by Gasteiger charge is 2.21. The van der Waals surface area contributed by atoms with Crippen LogP contribution in [0.4, 0.5) is 5.69 Å². The highest BCUT2D eigenvalue weighted by atomic mass is 32.1. The second kappa shape index (κ2) is 7.04. The third-order valence-corrected chi connectivity index (χ3v) is 4.16. The number of carbonyl (C=O) groups excluding carboxylic acids is 2. The van der Waals surface area contributed by atoms with Crippen molar-refractivity contribution in [1.82, 2.24) is 0 Å². The van der Waals surface area contributed by atoms with E-state index in [4.69, 9.17) is 5.73 Å². The summed E-state index contributed by atoms with van der Waals surface area (Å²) >= 11 is 1.43. The van der Waals surface area contributed by atoms with Crippen LogP contribution in [0.1, 0.15) is 28.6 Å². The van der Waals surface area contributed by atoms with E-state index in [1.807, 2.05) is 48.7 Å². The van der Waals surface area contributed by atoms with Gasteiger partial charge in [0.25, 0.3) is 5.91 Å². The van der Waals surface area contributed by atoms with Crippen LogP contribution in [0, 0.1) is 0 Å². The predicted octanol–water partition coefficient (Wildman–Crippen LogP) is 2.83. The first-order valence-corrected chi connectivity index (χ1v) is 7.73. The maximum atomic E-state index is 12.8. The molecule has 2 amide bonds. The standard InChI is InChI=1S/C16H18N2O2S/c1-2-12-9-11-21-15(12)16(20)18(10-8-14(17)19)13-6-4-3-5-7-13/h3-7,9,11H,2,8,10H2,1H3,(H2,17,19). The summed E-state index contributed by atoms with van der Waals surface area (Å²) in [6.07, 6.45) is 0.955. The van der Waals surface area contributed by atoms with Crippen LogP contribution >= 0.6 is 11.3 Å². The van der Waals surface area contributed by atoms with Gasteiger partial charge in [0.1, 0.15) is 0 Å². The quantitative estimate of drug-likeness (QED) is 0.891. The minimum absolute atomic E-state index is 0.0747. The zero-order valence-electron chi connectivity index (χ0n) is 11.9. The molecule has 0 saturated heterocycles. The van der Waals surface area contributed by atoms with Crippen molar-refractivity contribution >= 4 is 28.8 Å². The molecular formula is C16H18N2O2S. The molecule has 0 bridgehead atoms. The molecule has 110 valence electrons. The van der Waals surface area contributed by atoms with Crippen LogP contribution < -0.4 is 10.6 Å². The van der Waals surface area contributed by atoms with E-state index in [-0.39, 0.29) is 12.3 Å². The van der Waals surface area contributed by atoms with E-state index in [1.165, 1.54) is 11.3 Å². The van der Waals surface area contributed by atoms with E-state index in [1.54, 1.807) is 4.90 Å². The van der Waals surface area contributed by atoms with E-state index in [9.17, 15) is 9.59 Å². The van der Waals surface area contributed by atoms with Crippen molar-refractivity contribution in [2.24, 2.45) is 5.73 Å². The van der Waals surface area contributed by atoms with Crippen molar-refractivity contribution in [3.8, 4) is 0 Å². The molecule has 0 saturated carbocycles. The first-order valence-electron chi connectivity index (χ1n) is 6.85. The Kier molecular flexibility index (Phi) is 5.11. The Labute approximate surface area is 128 Å². The number of primary amides is 1.